The Labute approximate surface area is 186 Å². The molecule has 0 fully saturated rings. The highest BCUT2D eigenvalue weighted by atomic mass is 16.5. The number of hydrogen-bond acceptors (Lipinski definition) is 4. The van der Waals surface area contributed by atoms with E-state index in [9.17, 15) is 4.79 Å². The Morgan fingerprint density at radius 3 is 1.90 bits per heavy atom. The molecule has 1 amide bonds. The van der Waals surface area contributed by atoms with Crippen LogP contribution in [0.25, 0.3) is 0 Å². The number of carbonyl (C=O) groups is 1. The minimum Gasteiger partial charge on any atom is -0.494 e. The van der Waals surface area contributed by atoms with Crippen molar-refractivity contribution >= 4 is 12.1 Å². The molecule has 2 aromatic rings. The van der Waals surface area contributed by atoms with Crippen molar-refractivity contribution < 1.29 is 14.3 Å². The normalized spacial score (nSPS) is 10.9. The number of nitrogens with one attached hydrogen (secondary N) is 1. The van der Waals surface area contributed by atoms with Gasteiger partial charge in [0.1, 0.15) is 11.5 Å². The Bertz CT molecular complexity index is 770. The smallest absolute Gasteiger partial charge is 0.271 e. The lowest BCUT2D eigenvalue weighted by Crippen LogP contribution is -2.17. The van der Waals surface area contributed by atoms with Crippen LogP contribution >= 0.6 is 0 Å². The third-order valence-corrected chi connectivity index (χ3v) is 4.91. The van der Waals surface area contributed by atoms with Crippen molar-refractivity contribution in [3.8, 4) is 11.5 Å². The molecule has 5 heteroatoms. The molecule has 31 heavy (non-hydrogen) atoms. The van der Waals surface area contributed by atoms with Crippen LogP contribution < -0.4 is 14.9 Å². The summed E-state index contributed by atoms with van der Waals surface area (Å²) in [6, 6.07) is 14.8. The molecular weight excluding hydrogens is 388 g/mol. The monoisotopic (exact) mass is 424 g/mol. The first-order chi connectivity index (χ1) is 15.2. The average molecular weight is 425 g/mol. The summed E-state index contributed by atoms with van der Waals surface area (Å²) < 4.78 is 11.4. The molecule has 2 rings (SSSR count). The van der Waals surface area contributed by atoms with E-state index >= 15 is 0 Å². The summed E-state index contributed by atoms with van der Waals surface area (Å²) in [5.41, 5.74) is 4.00. The van der Waals surface area contributed by atoms with E-state index in [0.29, 0.717) is 12.2 Å². The van der Waals surface area contributed by atoms with Crippen LogP contribution in [0.5, 0.6) is 11.5 Å². The van der Waals surface area contributed by atoms with Crippen molar-refractivity contribution in [1.29, 1.82) is 0 Å². The van der Waals surface area contributed by atoms with Gasteiger partial charge in [0.05, 0.1) is 19.4 Å². The maximum absolute atomic E-state index is 12.2. The lowest BCUT2D eigenvalue weighted by Gasteiger charge is -2.07. The molecule has 0 aliphatic carbocycles. The van der Waals surface area contributed by atoms with Gasteiger partial charge in [-0.05, 0) is 66.9 Å². The second-order valence-corrected chi connectivity index (χ2v) is 7.61. The zero-order valence-corrected chi connectivity index (χ0v) is 18.9. The number of amides is 1. The molecule has 0 heterocycles. The fourth-order valence-corrected chi connectivity index (χ4v) is 3.02. The lowest BCUT2D eigenvalue weighted by molar-refractivity contribution is 0.0955. The molecule has 0 aliphatic heterocycles. The molecule has 0 aromatic heterocycles. The molecule has 168 valence electrons. The number of benzene rings is 2. The molecule has 5 nitrogen and oxygen atoms in total. The van der Waals surface area contributed by atoms with Crippen LogP contribution in [0.4, 0.5) is 0 Å². The molecule has 0 aliphatic rings. The first-order valence-corrected chi connectivity index (χ1v) is 11.5. The van der Waals surface area contributed by atoms with E-state index in [4.69, 9.17) is 9.47 Å². The van der Waals surface area contributed by atoms with Gasteiger partial charge in [0, 0.05) is 5.56 Å². The SMILES string of the molecule is CCCCCCCOc1ccc(C(=O)N/N=C\c2ccc(OCCCCC)cc2)cc1. The van der Waals surface area contributed by atoms with Gasteiger partial charge in [0.25, 0.3) is 5.91 Å². The van der Waals surface area contributed by atoms with Gasteiger partial charge in [-0.3, -0.25) is 4.79 Å². The van der Waals surface area contributed by atoms with Crippen molar-refractivity contribution in [2.45, 2.75) is 65.2 Å². The van der Waals surface area contributed by atoms with Crippen LogP contribution in [0.2, 0.25) is 0 Å². The molecule has 0 saturated heterocycles. The van der Waals surface area contributed by atoms with Crippen molar-refractivity contribution in [3.63, 3.8) is 0 Å². The fraction of sp³-hybridized carbons (Fsp3) is 0.462. The van der Waals surface area contributed by atoms with E-state index in [1.165, 1.54) is 38.5 Å². The van der Waals surface area contributed by atoms with Crippen LogP contribution in [-0.4, -0.2) is 25.3 Å². The van der Waals surface area contributed by atoms with Gasteiger partial charge in [-0.2, -0.15) is 5.10 Å². The zero-order valence-electron chi connectivity index (χ0n) is 18.9. The van der Waals surface area contributed by atoms with Gasteiger partial charge >= 0.3 is 0 Å². The molecule has 0 saturated carbocycles. The highest BCUT2D eigenvalue weighted by molar-refractivity contribution is 5.95. The highest BCUT2D eigenvalue weighted by Gasteiger charge is 2.04. The van der Waals surface area contributed by atoms with Crippen molar-refractivity contribution in [2.24, 2.45) is 5.10 Å². The summed E-state index contributed by atoms with van der Waals surface area (Å²) in [5, 5.41) is 4.05. The molecule has 0 atom stereocenters. The van der Waals surface area contributed by atoms with E-state index in [0.717, 1.165) is 36.5 Å². The van der Waals surface area contributed by atoms with Crippen LogP contribution in [-0.2, 0) is 0 Å². The summed E-state index contributed by atoms with van der Waals surface area (Å²) >= 11 is 0. The van der Waals surface area contributed by atoms with E-state index in [2.05, 4.69) is 24.4 Å². The maximum Gasteiger partial charge on any atom is 0.271 e. The summed E-state index contributed by atoms with van der Waals surface area (Å²) in [7, 11) is 0. The quantitative estimate of drug-likeness (QED) is 0.205. The number of ether oxygens (including phenoxy) is 2. The number of hydrazone groups is 1. The minimum atomic E-state index is -0.252. The van der Waals surface area contributed by atoms with E-state index < -0.39 is 0 Å². The zero-order chi connectivity index (χ0) is 22.2. The van der Waals surface area contributed by atoms with Gasteiger partial charge in [0.2, 0.25) is 0 Å². The van der Waals surface area contributed by atoms with Crippen molar-refractivity contribution in [2.75, 3.05) is 13.2 Å². The van der Waals surface area contributed by atoms with Crippen LogP contribution in [0.3, 0.4) is 0 Å². The Kier molecular flexibility index (Phi) is 11.9. The van der Waals surface area contributed by atoms with Gasteiger partial charge in [0.15, 0.2) is 0 Å². The number of rotatable bonds is 15. The first-order valence-electron chi connectivity index (χ1n) is 11.5. The minimum absolute atomic E-state index is 0.252. The fourth-order valence-electron chi connectivity index (χ4n) is 3.02. The number of nitrogens with zero attached hydrogens (tertiary/aromatic N) is 1. The lowest BCUT2D eigenvalue weighted by atomic mass is 10.2. The van der Waals surface area contributed by atoms with Crippen LogP contribution in [0, 0.1) is 0 Å². The maximum atomic E-state index is 12.2. The number of hydrogen-bond donors (Lipinski definition) is 1. The molecule has 0 unspecified atom stereocenters. The first kappa shape index (κ1) is 24.4. The third-order valence-electron chi connectivity index (χ3n) is 4.91. The Morgan fingerprint density at radius 2 is 1.29 bits per heavy atom. The molecule has 0 bridgehead atoms. The topological polar surface area (TPSA) is 59.9 Å². The average Bonchev–Trinajstić information content (AvgIpc) is 2.80. The summed E-state index contributed by atoms with van der Waals surface area (Å²) in [5.74, 6) is 1.38. The molecular formula is C26H36N2O3. The number of unbranched alkanes of at least 4 members (excludes halogenated alkanes) is 6. The number of carbonyl (C=O) groups excluding carboxylic acids is 1. The summed E-state index contributed by atoms with van der Waals surface area (Å²) in [6.45, 7) is 5.83. The predicted octanol–water partition coefficient (Wildman–Crippen LogP) is 6.37. The van der Waals surface area contributed by atoms with Crippen molar-refractivity contribution in [1.82, 2.24) is 5.43 Å². The van der Waals surface area contributed by atoms with E-state index in [-0.39, 0.29) is 5.91 Å². The van der Waals surface area contributed by atoms with Gasteiger partial charge in [-0.15, -0.1) is 0 Å². The van der Waals surface area contributed by atoms with Crippen LogP contribution in [0.15, 0.2) is 53.6 Å². The van der Waals surface area contributed by atoms with Crippen molar-refractivity contribution in [3.05, 3.63) is 59.7 Å². The molecule has 2 aromatic carbocycles. The van der Waals surface area contributed by atoms with E-state index in [1.807, 2.05) is 36.4 Å². The molecule has 1 N–H and O–H groups in total. The van der Waals surface area contributed by atoms with Gasteiger partial charge < -0.3 is 9.47 Å². The Morgan fingerprint density at radius 1 is 0.774 bits per heavy atom. The molecule has 0 spiro atoms. The van der Waals surface area contributed by atoms with Crippen LogP contribution in [0.1, 0.15) is 81.1 Å². The summed E-state index contributed by atoms with van der Waals surface area (Å²) in [4.78, 5) is 12.2. The van der Waals surface area contributed by atoms with Gasteiger partial charge in [-0.25, -0.2) is 5.43 Å². The van der Waals surface area contributed by atoms with E-state index in [1.54, 1.807) is 18.3 Å². The second kappa shape index (κ2) is 15.1. The third kappa shape index (κ3) is 10.2. The largest absolute Gasteiger partial charge is 0.494 e. The summed E-state index contributed by atoms with van der Waals surface area (Å²) in [6.07, 6.45) is 11.1. The molecule has 0 radical (unpaired) electrons. The van der Waals surface area contributed by atoms with Gasteiger partial charge in [-0.1, -0.05) is 52.4 Å². The Balaban J connectivity index is 1.70. The Hall–Kier alpha value is -2.82. The highest BCUT2D eigenvalue weighted by Crippen LogP contribution is 2.14. The predicted molar refractivity (Wildman–Crippen MR) is 127 cm³/mol. The standard InChI is InChI=1S/C26H36N2O3/c1-3-5-7-8-10-20-31-25-17-13-23(14-18-25)26(29)28-27-21-22-11-15-24(16-12-22)30-19-9-6-4-2/h11-18,21H,3-10,19-20H2,1-2H3,(H,28,29)/b27-21-. The second-order valence-electron chi connectivity index (χ2n) is 7.61.